The van der Waals surface area contributed by atoms with Crippen molar-refractivity contribution in [2.75, 3.05) is 18.6 Å². The molecule has 0 aromatic carbocycles. The van der Waals surface area contributed by atoms with Crippen molar-refractivity contribution in [3.05, 3.63) is 0 Å². The summed E-state index contributed by atoms with van der Waals surface area (Å²) in [5, 5.41) is 2.74. The first-order valence-corrected chi connectivity index (χ1v) is 7.67. The van der Waals surface area contributed by atoms with Crippen LogP contribution in [-0.4, -0.2) is 38.9 Å². The number of nitrogens with one attached hydrogen (secondary N) is 1. The maximum atomic E-state index is 11.6. The number of amides is 1. The maximum Gasteiger partial charge on any atom is 0.224 e. The minimum absolute atomic E-state index is 0.0292. The highest BCUT2D eigenvalue weighted by molar-refractivity contribution is 7.90. The number of carbonyl (C=O) groups excluding carboxylic acids is 1. The molecule has 1 aliphatic carbocycles. The fourth-order valence-electron chi connectivity index (χ4n) is 1.99. The summed E-state index contributed by atoms with van der Waals surface area (Å²) in [6, 6.07) is -0.0325. The summed E-state index contributed by atoms with van der Waals surface area (Å²) in [5.41, 5.74) is 5.80. The molecule has 3 N–H and O–H groups in total. The first kappa shape index (κ1) is 13.4. The average molecular weight is 248 g/mol. The van der Waals surface area contributed by atoms with Crippen LogP contribution in [0.15, 0.2) is 0 Å². The number of hydrogen-bond donors (Lipinski definition) is 2. The van der Waals surface area contributed by atoms with Crippen LogP contribution in [0.4, 0.5) is 0 Å². The van der Waals surface area contributed by atoms with E-state index in [-0.39, 0.29) is 23.6 Å². The third-order valence-corrected chi connectivity index (χ3v) is 3.93. The largest absolute Gasteiger partial charge is 0.356 e. The van der Waals surface area contributed by atoms with Gasteiger partial charge in [0, 0.05) is 18.8 Å². The Hall–Kier alpha value is -0.620. The molecular formula is C10H20N2O3S. The zero-order valence-electron chi connectivity index (χ0n) is 9.61. The maximum absolute atomic E-state index is 11.6. The first-order chi connectivity index (χ1) is 7.40. The molecule has 0 aliphatic heterocycles. The molecule has 1 rings (SSSR count). The van der Waals surface area contributed by atoms with Gasteiger partial charge in [0.15, 0.2) is 0 Å². The number of sulfone groups is 1. The topological polar surface area (TPSA) is 89.3 Å². The Morgan fingerprint density at radius 1 is 1.44 bits per heavy atom. The first-order valence-electron chi connectivity index (χ1n) is 5.61. The van der Waals surface area contributed by atoms with Crippen molar-refractivity contribution in [3.8, 4) is 0 Å². The SMILES string of the molecule is CS(=O)(=O)CCCNC(=O)C1CCCC1N. The molecule has 2 unspecified atom stereocenters. The average Bonchev–Trinajstić information content (AvgIpc) is 2.57. The normalized spacial score (nSPS) is 25.6. The zero-order valence-corrected chi connectivity index (χ0v) is 10.4. The van der Waals surface area contributed by atoms with Crippen molar-refractivity contribution in [1.29, 1.82) is 0 Å². The number of hydrogen-bond acceptors (Lipinski definition) is 4. The van der Waals surface area contributed by atoms with Gasteiger partial charge in [-0.1, -0.05) is 6.42 Å². The van der Waals surface area contributed by atoms with Crippen molar-refractivity contribution < 1.29 is 13.2 Å². The molecule has 0 radical (unpaired) electrons. The molecule has 0 heterocycles. The molecule has 5 nitrogen and oxygen atoms in total. The van der Waals surface area contributed by atoms with Gasteiger partial charge < -0.3 is 11.1 Å². The lowest BCUT2D eigenvalue weighted by molar-refractivity contribution is -0.125. The van der Waals surface area contributed by atoms with Crippen LogP contribution in [-0.2, 0) is 14.6 Å². The third-order valence-electron chi connectivity index (χ3n) is 2.90. The summed E-state index contributed by atoms with van der Waals surface area (Å²) in [4.78, 5) is 11.6. The van der Waals surface area contributed by atoms with Gasteiger partial charge in [-0.25, -0.2) is 8.42 Å². The smallest absolute Gasteiger partial charge is 0.224 e. The lowest BCUT2D eigenvalue weighted by Crippen LogP contribution is -2.39. The van der Waals surface area contributed by atoms with Gasteiger partial charge in [0.1, 0.15) is 9.84 Å². The second-order valence-corrected chi connectivity index (χ2v) is 6.74. The monoisotopic (exact) mass is 248 g/mol. The van der Waals surface area contributed by atoms with Crippen LogP contribution in [0.5, 0.6) is 0 Å². The van der Waals surface area contributed by atoms with Crippen LogP contribution in [0.3, 0.4) is 0 Å². The van der Waals surface area contributed by atoms with E-state index in [2.05, 4.69) is 5.32 Å². The van der Waals surface area contributed by atoms with Crippen molar-refractivity contribution in [2.45, 2.75) is 31.7 Å². The highest BCUT2D eigenvalue weighted by Crippen LogP contribution is 2.23. The molecule has 1 aliphatic rings. The molecule has 1 amide bonds. The van der Waals surface area contributed by atoms with Crippen LogP contribution in [0, 0.1) is 5.92 Å². The van der Waals surface area contributed by atoms with Crippen molar-refractivity contribution >= 4 is 15.7 Å². The highest BCUT2D eigenvalue weighted by Gasteiger charge is 2.29. The van der Waals surface area contributed by atoms with Crippen LogP contribution < -0.4 is 11.1 Å². The predicted octanol–water partition coefficient (Wildman–Crippen LogP) is -0.335. The van der Waals surface area contributed by atoms with Crippen molar-refractivity contribution in [3.63, 3.8) is 0 Å². The minimum Gasteiger partial charge on any atom is -0.356 e. The molecule has 0 aromatic rings. The van der Waals surface area contributed by atoms with Crippen molar-refractivity contribution in [1.82, 2.24) is 5.32 Å². The van der Waals surface area contributed by atoms with Gasteiger partial charge in [-0.3, -0.25) is 4.79 Å². The molecule has 94 valence electrons. The number of nitrogens with two attached hydrogens (primary N) is 1. The Morgan fingerprint density at radius 3 is 2.62 bits per heavy atom. The molecule has 1 fully saturated rings. The quantitative estimate of drug-likeness (QED) is 0.652. The second kappa shape index (κ2) is 5.63. The number of carbonyl (C=O) groups is 1. The number of rotatable bonds is 5. The van der Waals surface area contributed by atoms with Crippen LogP contribution >= 0.6 is 0 Å². The van der Waals surface area contributed by atoms with Crippen molar-refractivity contribution in [2.24, 2.45) is 11.7 Å². The van der Waals surface area contributed by atoms with Gasteiger partial charge in [0.05, 0.1) is 11.7 Å². The molecule has 2 atom stereocenters. The Labute approximate surface area is 96.7 Å². The standard InChI is InChI=1S/C10H20N2O3S/c1-16(14,15)7-3-6-12-10(13)8-4-2-5-9(8)11/h8-9H,2-7,11H2,1H3,(H,12,13). The van der Waals surface area contributed by atoms with Crippen LogP contribution in [0.25, 0.3) is 0 Å². The predicted molar refractivity (Wildman–Crippen MR) is 62.7 cm³/mol. The summed E-state index contributed by atoms with van der Waals surface area (Å²) < 4.78 is 21.7. The molecular weight excluding hydrogens is 228 g/mol. The van der Waals surface area contributed by atoms with E-state index in [1.807, 2.05) is 0 Å². The highest BCUT2D eigenvalue weighted by atomic mass is 32.2. The molecule has 16 heavy (non-hydrogen) atoms. The molecule has 0 spiro atoms. The molecule has 0 bridgehead atoms. The summed E-state index contributed by atoms with van der Waals surface area (Å²) in [6.07, 6.45) is 4.41. The van der Waals surface area contributed by atoms with Gasteiger partial charge >= 0.3 is 0 Å². The molecule has 0 saturated heterocycles. The molecule has 1 saturated carbocycles. The summed E-state index contributed by atoms with van der Waals surface area (Å²) in [7, 11) is -2.93. The fourth-order valence-corrected chi connectivity index (χ4v) is 2.66. The summed E-state index contributed by atoms with van der Waals surface area (Å²) in [5.74, 6) is 0.000945. The fraction of sp³-hybridized carbons (Fsp3) is 0.900. The lowest BCUT2D eigenvalue weighted by Gasteiger charge is -2.14. The Kier molecular flexibility index (Phi) is 4.73. The Bertz CT molecular complexity index is 340. The van der Waals surface area contributed by atoms with Crippen LogP contribution in [0.1, 0.15) is 25.7 Å². The van der Waals surface area contributed by atoms with E-state index < -0.39 is 9.84 Å². The van der Waals surface area contributed by atoms with E-state index in [1.54, 1.807) is 0 Å². The van der Waals surface area contributed by atoms with E-state index in [1.165, 1.54) is 6.26 Å². The van der Waals surface area contributed by atoms with E-state index in [9.17, 15) is 13.2 Å². The van der Waals surface area contributed by atoms with Gasteiger partial charge in [0.25, 0.3) is 0 Å². The summed E-state index contributed by atoms with van der Waals surface area (Å²) >= 11 is 0. The third kappa shape index (κ3) is 4.49. The van der Waals surface area contributed by atoms with Gasteiger partial charge in [-0.15, -0.1) is 0 Å². The van der Waals surface area contributed by atoms with E-state index in [0.717, 1.165) is 19.3 Å². The van der Waals surface area contributed by atoms with Gasteiger partial charge in [0.2, 0.25) is 5.91 Å². The van der Waals surface area contributed by atoms with E-state index in [0.29, 0.717) is 13.0 Å². The zero-order chi connectivity index (χ0) is 12.2. The van der Waals surface area contributed by atoms with Gasteiger partial charge in [-0.05, 0) is 19.3 Å². The van der Waals surface area contributed by atoms with E-state index in [4.69, 9.17) is 5.73 Å². The van der Waals surface area contributed by atoms with Crippen LogP contribution in [0.2, 0.25) is 0 Å². The molecule has 6 heteroatoms. The molecule has 0 aromatic heterocycles. The lowest BCUT2D eigenvalue weighted by atomic mass is 10.0. The van der Waals surface area contributed by atoms with Gasteiger partial charge in [-0.2, -0.15) is 0 Å². The Morgan fingerprint density at radius 2 is 2.12 bits per heavy atom. The second-order valence-electron chi connectivity index (χ2n) is 4.48. The summed E-state index contributed by atoms with van der Waals surface area (Å²) in [6.45, 7) is 0.412. The Balaban J connectivity index is 2.20. The minimum atomic E-state index is -2.93. The van der Waals surface area contributed by atoms with E-state index >= 15 is 0 Å².